The Bertz CT molecular complexity index is 834. The fraction of sp³-hybridized carbons (Fsp3) is 0.158. The number of amides is 2. The molecule has 3 rings (SSSR count). The van der Waals surface area contributed by atoms with E-state index < -0.39 is 0 Å². The molecular weight excluding hydrogens is 336 g/mol. The number of phenols is 1. The molecule has 0 atom stereocenters. The van der Waals surface area contributed by atoms with Crippen LogP contribution in [0.25, 0.3) is 5.70 Å². The molecule has 0 aliphatic carbocycles. The van der Waals surface area contributed by atoms with Crippen molar-refractivity contribution in [1.82, 2.24) is 4.90 Å². The topological polar surface area (TPSA) is 69.6 Å². The standard InChI is InChI=1S/C19H18N2O3S/c1-13-7-8-17(22)15(9-13)20-18(23)10-21-16(11-25-12-19(21)24)14-5-3-2-4-6-14/h2-9,11,22H,10,12H2,1H3,(H,20,23). The van der Waals surface area contributed by atoms with Crippen LogP contribution in [0.1, 0.15) is 11.1 Å². The van der Waals surface area contributed by atoms with E-state index in [0.717, 1.165) is 11.1 Å². The highest BCUT2D eigenvalue weighted by Gasteiger charge is 2.25. The Labute approximate surface area is 150 Å². The van der Waals surface area contributed by atoms with Crippen LogP contribution in [-0.4, -0.2) is 34.1 Å². The van der Waals surface area contributed by atoms with E-state index >= 15 is 0 Å². The Hall–Kier alpha value is -2.73. The molecule has 2 aromatic rings. The number of nitrogens with one attached hydrogen (secondary N) is 1. The first kappa shape index (κ1) is 17.1. The largest absolute Gasteiger partial charge is 0.506 e. The number of benzene rings is 2. The Morgan fingerprint density at radius 3 is 2.76 bits per heavy atom. The van der Waals surface area contributed by atoms with E-state index in [1.807, 2.05) is 42.7 Å². The van der Waals surface area contributed by atoms with Gasteiger partial charge >= 0.3 is 0 Å². The van der Waals surface area contributed by atoms with Crippen LogP contribution in [0, 0.1) is 6.92 Å². The highest BCUT2D eigenvalue weighted by molar-refractivity contribution is 8.03. The van der Waals surface area contributed by atoms with Gasteiger partial charge in [-0.2, -0.15) is 0 Å². The quantitative estimate of drug-likeness (QED) is 0.827. The number of aryl methyl sites for hydroxylation is 1. The van der Waals surface area contributed by atoms with E-state index in [1.165, 1.54) is 22.7 Å². The summed E-state index contributed by atoms with van der Waals surface area (Å²) in [4.78, 5) is 26.2. The molecule has 2 aromatic carbocycles. The van der Waals surface area contributed by atoms with Crippen molar-refractivity contribution in [3.8, 4) is 5.75 Å². The summed E-state index contributed by atoms with van der Waals surface area (Å²) in [6, 6.07) is 14.5. The van der Waals surface area contributed by atoms with E-state index in [-0.39, 0.29) is 24.1 Å². The van der Waals surface area contributed by atoms with E-state index in [0.29, 0.717) is 17.1 Å². The van der Waals surface area contributed by atoms with Crippen molar-refractivity contribution in [2.24, 2.45) is 0 Å². The number of hydrogen-bond acceptors (Lipinski definition) is 4. The molecule has 1 aliphatic heterocycles. The Morgan fingerprint density at radius 2 is 2.00 bits per heavy atom. The molecule has 0 unspecified atom stereocenters. The molecule has 6 heteroatoms. The maximum Gasteiger partial charge on any atom is 0.244 e. The summed E-state index contributed by atoms with van der Waals surface area (Å²) in [7, 11) is 0. The van der Waals surface area contributed by atoms with Crippen molar-refractivity contribution < 1.29 is 14.7 Å². The zero-order valence-corrected chi connectivity index (χ0v) is 14.5. The fourth-order valence-electron chi connectivity index (χ4n) is 2.56. The van der Waals surface area contributed by atoms with Crippen LogP contribution in [0.3, 0.4) is 0 Å². The number of aromatic hydroxyl groups is 1. The minimum Gasteiger partial charge on any atom is -0.506 e. The maximum absolute atomic E-state index is 12.4. The zero-order chi connectivity index (χ0) is 17.8. The van der Waals surface area contributed by atoms with Gasteiger partial charge in [0.25, 0.3) is 0 Å². The van der Waals surface area contributed by atoms with Gasteiger partial charge in [0.1, 0.15) is 12.3 Å². The molecule has 0 bridgehead atoms. The number of hydrogen-bond donors (Lipinski definition) is 2. The SMILES string of the molecule is Cc1ccc(O)c(NC(=O)CN2C(=O)CSC=C2c2ccccc2)c1. The van der Waals surface area contributed by atoms with Gasteiger partial charge in [0.2, 0.25) is 11.8 Å². The lowest BCUT2D eigenvalue weighted by Gasteiger charge is -2.28. The first-order valence-electron chi connectivity index (χ1n) is 7.81. The Balaban J connectivity index is 1.78. The number of thioether (sulfide) groups is 1. The van der Waals surface area contributed by atoms with Crippen LogP contribution in [0.5, 0.6) is 5.75 Å². The van der Waals surface area contributed by atoms with E-state index in [4.69, 9.17) is 0 Å². The molecule has 0 fully saturated rings. The van der Waals surface area contributed by atoms with Crippen LogP contribution in [0.4, 0.5) is 5.69 Å². The van der Waals surface area contributed by atoms with Gasteiger partial charge in [-0.1, -0.05) is 36.4 Å². The van der Waals surface area contributed by atoms with Crippen molar-refractivity contribution >= 4 is 35.0 Å². The average molecular weight is 354 g/mol. The third-order valence-corrected chi connectivity index (χ3v) is 4.59. The Morgan fingerprint density at radius 1 is 1.24 bits per heavy atom. The van der Waals surface area contributed by atoms with Gasteiger partial charge in [-0.3, -0.25) is 9.59 Å². The average Bonchev–Trinajstić information content (AvgIpc) is 2.60. The first-order valence-corrected chi connectivity index (χ1v) is 8.86. The predicted octanol–water partition coefficient (Wildman–Crippen LogP) is 3.21. The molecule has 0 spiro atoms. The van der Waals surface area contributed by atoms with Gasteiger partial charge in [-0.25, -0.2) is 0 Å². The molecule has 0 saturated carbocycles. The number of carbonyl (C=O) groups is 2. The monoisotopic (exact) mass is 354 g/mol. The molecule has 1 aliphatic rings. The molecule has 0 saturated heterocycles. The van der Waals surface area contributed by atoms with E-state index in [2.05, 4.69) is 5.32 Å². The summed E-state index contributed by atoms with van der Waals surface area (Å²) in [5, 5.41) is 14.4. The van der Waals surface area contributed by atoms with Crippen LogP contribution in [-0.2, 0) is 9.59 Å². The lowest BCUT2D eigenvalue weighted by atomic mass is 10.1. The third kappa shape index (κ3) is 4.03. The van der Waals surface area contributed by atoms with Crippen molar-refractivity contribution in [2.75, 3.05) is 17.6 Å². The van der Waals surface area contributed by atoms with E-state index in [1.54, 1.807) is 12.1 Å². The predicted molar refractivity (Wildman–Crippen MR) is 100 cm³/mol. The molecule has 2 N–H and O–H groups in total. The highest BCUT2D eigenvalue weighted by atomic mass is 32.2. The van der Waals surface area contributed by atoms with Crippen LogP contribution >= 0.6 is 11.8 Å². The molecule has 5 nitrogen and oxygen atoms in total. The van der Waals surface area contributed by atoms with Crippen LogP contribution in [0.2, 0.25) is 0 Å². The van der Waals surface area contributed by atoms with Crippen molar-refractivity contribution in [1.29, 1.82) is 0 Å². The van der Waals surface area contributed by atoms with E-state index in [9.17, 15) is 14.7 Å². The van der Waals surface area contributed by atoms with Gasteiger partial charge in [-0.05, 0) is 35.6 Å². The summed E-state index contributed by atoms with van der Waals surface area (Å²) < 4.78 is 0. The van der Waals surface area contributed by atoms with Gasteiger partial charge in [-0.15, -0.1) is 11.8 Å². The number of nitrogens with zero attached hydrogens (tertiary/aromatic N) is 1. The summed E-state index contributed by atoms with van der Waals surface area (Å²) in [5.41, 5.74) is 2.86. The summed E-state index contributed by atoms with van der Waals surface area (Å²) in [6.45, 7) is 1.77. The lowest BCUT2D eigenvalue weighted by molar-refractivity contribution is -0.129. The number of rotatable bonds is 4. The molecular formula is C19H18N2O3S. The smallest absolute Gasteiger partial charge is 0.244 e. The minimum atomic E-state index is -0.358. The third-order valence-electron chi connectivity index (χ3n) is 3.79. The second kappa shape index (κ2) is 7.44. The highest BCUT2D eigenvalue weighted by Crippen LogP contribution is 2.28. The minimum absolute atomic E-state index is 0.00157. The number of carbonyl (C=O) groups excluding carboxylic acids is 2. The summed E-state index contributed by atoms with van der Waals surface area (Å²) >= 11 is 1.42. The first-order chi connectivity index (χ1) is 12.0. The zero-order valence-electron chi connectivity index (χ0n) is 13.7. The van der Waals surface area contributed by atoms with Gasteiger partial charge < -0.3 is 15.3 Å². The lowest BCUT2D eigenvalue weighted by Crippen LogP contribution is -2.39. The summed E-state index contributed by atoms with van der Waals surface area (Å²) in [6.07, 6.45) is 0. The van der Waals surface area contributed by atoms with Gasteiger partial charge in [0.05, 0.1) is 17.1 Å². The van der Waals surface area contributed by atoms with Crippen molar-refractivity contribution in [3.63, 3.8) is 0 Å². The number of phenolic OH excluding ortho intramolecular Hbond substituents is 1. The van der Waals surface area contributed by atoms with Crippen LogP contribution < -0.4 is 5.32 Å². The van der Waals surface area contributed by atoms with Gasteiger partial charge in [0, 0.05) is 0 Å². The molecule has 1 heterocycles. The molecule has 0 radical (unpaired) electrons. The van der Waals surface area contributed by atoms with Gasteiger partial charge in [0.15, 0.2) is 0 Å². The second-order valence-corrected chi connectivity index (χ2v) is 6.59. The Kier molecular flexibility index (Phi) is 5.09. The second-order valence-electron chi connectivity index (χ2n) is 5.73. The molecule has 2 amide bonds. The van der Waals surface area contributed by atoms with Crippen molar-refractivity contribution in [2.45, 2.75) is 6.92 Å². The number of anilines is 1. The summed E-state index contributed by atoms with van der Waals surface area (Å²) in [5.74, 6) is -0.171. The van der Waals surface area contributed by atoms with Crippen molar-refractivity contribution in [3.05, 3.63) is 65.1 Å². The maximum atomic E-state index is 12.4. The van der Waals surface area contributed by atoms with Crippen LogP contribution in [0.15, 0.2) is 53.9 Å². The fourth-order valence-corrected chi connectivity index (χ4v) is 3.36. The normalized spacial score (nSPS) is 14.2. The molecule has 0 aromatic heterocycles. The molecule has 25 heavy (non-hydrogen) atoms. The molecule has 128 valence electrons.